The molecule has 0 aliphatic heterocycles. The molecule has 154 valence electrons. The lowest BCUT2D eigenvalue weighted by molar-refractivity contribution is 0.0255. The molecule has 0 fully saturated rings. The molecule has 8 heteroatoms. The third-order valence-electron chi connectivity index (χ3n) is 3.75. The number of hydrogen-bond donors (Lipinski definition) is 2. The highest BCUT2D eigenvalue weighted by molar-refractivity contribution is 5.95. The quantitative estimate of drug-likeness (QED) is 0.417. The van der Waals surface area contributed by atoms with Crippen LogP contribution in [-0.2, 0) is 14.2 Å². The molecule has 0 bridgehead atoms. The van der Waals surface area contributed by atoms with E-state index in [9.17, 15) is 4.79 Å². The summed E-state index contributed by atoms with van der Waals surface area (Å²) >= 11 is 0. The Morgan fingerprint density at radius 2 is 1.90 bits per heavy atom. The van der Waals surface area contributed by atoms with Crippen molar-refractivity contribution in [2.75, 3.05) is 52.0 Å². The molecule has 29 heavy (non-hydrogen) atoms. The first-order valence-corrected chi connectivity index (χ1v) is 9.23. The van der Waals surface area contributed by atoms with E-state index in [1.165, 1.54) is 0 Å². The average molecular weight is 398 g/mol. The van der Waals surface area contributed by atoms with Crippen molar-refractivity contribution >= 4 is 17.5 Å². The average Bonchev–Trinajstić information content (AvgIpc) is 2.72. The molecule has 0 atom stereocenters. The minimum atomic E-state index is -0.241. The Kier molecular flexibility index (Phi) is 9.59. The van der Waals surface area contributed by atoms with Crippen molar-refractivity contribution in [2.24, 2.45) is 0 Å². The largest absolute Gasteiger partial charge is 0.382 e. The summed E-state index contributed by atoms with van der Waals surface area (Å²) in [6.07, 6.45) is 7.18. The molecule has 0 unspecified atom stereocenters. The number of nitrogens with one attached hydrogen (secondary N) is 2. The number of carbonyl (C=O) groups excluding carboxylic acids is 1. The summed E-state index contributed by atoms with van der Waals surface area (Å²) in [5.41, 5.74) is 2.49. The summed E-state index contributed by atoms with van der Waals surface area (Å²) in [5, 5.41) is 5.88. The highest BCUT2D eigenvalue weighted by Crippen LogP contribution is 2.18. The lowest BCUT2D eigenvalue weighted by Crippen LogP contribution is -2.27. The first kappa shape index (κ1) is 22.3. The number of benzene rings is 1. The maximum Gasteiger partial charge on any atom is 0.251 e. The van der Waals surface area contributed by atoms with E-state index in [1.54, 1.807) is 37.6 Å². The SMILES string of the molecule is C#Cc1cc(Nc2nccc(C)n2)cc(C(=O)NCCOCCOCCOC)c1. The predicted molar refractivity (Wildman–Crippen MR) is 110 cm³/mol. The Balaban J connectivity index is 1.84. The summed E-state index contributed by atoms with van der Waals surface area (Å²) in [6, 6.07) is 6.92. The zero-order valence-corrected chi connectivity index (χ0v) is 16.7. The van der Waals surface area contributed by atoms with Crippen LogP contribution in [0.25, 0.3) is 0 Å². The maximum atomic E-state index is 12.4. The van der Waals surface area contributed by atoms with Crippen LogP contribution < -0.4 is 10.6 Å². The highest BCUT2D eigenvalue weighted by Gasteiger charge is 2.09. The van der Waals surface area contributed by atoms with E-state index in [0.717, 1.165) is 5.69 Å². The molecule has 1 aromatic carbocycles. The summed E-state index contributed by atoms with van der Waals surface area (Å²) < 4.78 is 15.6. The molecule has 1 amide bonds. The van der Waals surface area contributed by atoms with Crippen molar-refractivity contribution in [3.8, 4) is 12.3 Å². The van der Waals surface area contributed by atoms with Gasteiger partial charge in [-0.3, -0.25) is 4.79 Å². The third-order valence-corrected chi connectivity index (χ3v) is 3.75. The number of rotatable bonds is 12. The van der Waals surface area contributed by atoms with Crippen molar-refractivity contribution in [1.29, 1.82) is 0 Å². The van der Waals surface area contributed by atoms with Gasteiger partial charge >= 0.3 is 0 Å². The number of hydrogen-bond acceptors (Lipinski definition) is 7. The van der Waals surface area contributed by atoms with Gasteiger partial charge in [0.15, 0.2) is 0 Å². The van der Waals surface area contributed by atoms with E-state index in [1.807, 2.05) is 6.92 Å². The number of aromatic nitrogens is 2. The van der Waals surface area contributed by atoms with Gasteiger partial charge in [-0.1, -0.05) is 5.92 Å². The molecule has 0 aliphatic rings. The number of terminal acetylenes is 1. The number of amides is 1. The van der Waals surface area contributed by atoms with Gasteiger partial charge in [0.2, 0.25) is 5.95 Å². The van der Waals surface area contributed by atoms with Gasteiger partial charge in [-0.2, -0.15) is 0 Å². The topological polar surface area (TPSA) is 94.6 Å². The molecule has 0 aliphatic carbocycles. The van der Waals surface area contributed by atoms with E-state index >= 15 is 0 Å². The summed E-state index contributed by atoms with van der Waals surface area (Å²) in [5.74, 6) is 2.75. The molecule has 2 aromatic rings. The third kappa shape index (κ3) is 8.27. The van der Waals surface area contributed by atoms with Crippen LogP contribution in [0.3, 0.4) is 0 Å². The van der Waals surface area contributed by atoms with Crippen LogP contribution in [-0.4, -0.2) is 62.6 Å². The summed E-state index contributed by atoms with van der Waals surface area (Å²) in [6.45, 7) is 4.66. The summed E-state index contributed by atoms with van der Waals surface area (Å²) in [7, 11) is 1.62. The molecule has 0 saturated heterocycles. The minimum Gasteiger partial charge on any atom is -0.382 e. The number of methoxy groups -OCH3 is 1. The zero-order chi connectivity index (χ0) is 20.9. The van der Waals surface area contributed by atoms with E-state index in [2.05, 4.69) is 26.5 Å². The fourth-order valence-corrected chi connectivity index (χ4v) is 2.36. The van der Waals surface area contributed by atoms with E-state index in [0.29, 0.717) is 62.3 Å². The molecular weight excluding hydrogens is 372 g/mol. The molecule has 2 rings (SSSR count). The predicted octanol–water partition coefficient (Wildman–Crippen LogP) is 1.92. The second kappa shape index (κ2) is 12.5. The Morgan fingerprint density at radius 1 is 1.14 bits per heavy atom. The Bertz CT molecular complexity index is 836. The number of anilines is 2. The standard InChI is InChI=1S/C21H26N4O4/c1-4-17-13-18(15-19(14-17)25-21-23-6-5-16(2)24-21)20(26)22-7-8-28-11-12-29-10-9-27-3/h1,5-6,13-15H,7-12H2,2-3H3,(H,22,26)(H,23,24,25). The van der Waals surface area contributed by atoms with Crippen molar-refractivity contribution < 1.29 is 19.0 Å². The number of aryl methyl sites for hydroxylation is 1. The minimum absolute atomic E-state index is 0.241. The molecule has 0 spiro atoms. The van der Waals surface area contributed by atoms with Crippen LogP contribution in [0, 0.1) is 19.3 Å². The second-order valence-electron chi connectivity index (χ2n) is 6.06. The van der Waals surface area contributed by atoms with Gasteiger partial charge in [-0.15, -0.1) is 6.42 Å². The van der Waals surface area contributed by atoms with E-state index in [4.69, 9.17) is 20.6 Å². The second-order valence-corrected chi connectivity index (χ2v) is 6.06. The number of nitrogens with zero attached hydrogens (tertiary/aromatic N) is 2. The highest BCUT2D eigenvalue weighted by atomic mass is 16.5. The first-order chi connectivity index (χ1) is 14.1. The summed E-state index contributed by atoms with van der Waals surface area (Å²) in [4.78, 5) is 20.9. The van der Waals surface area contributed by atoms with Crippen molar-refractivity contribution in [2.45, 2.75) is 6.92 Å². The molecular formula is C21H26N4O4. The van der Waals surface area contributed by atoms with Gasteiger partial charge in [-0.25, -0.2) is 9.97 Å². The number of ether oxygens (including phenoxy) is 3. The van der Waals surface area contributed by atoms with Gasteiger partial charge in [0.05, 0.1) is 33.0 Å². The van der Waals surface area contributed by atoms with Crippen LogP contribution in [0.4, 0.5) is 11.6 Å². The van der Waals surface area contributed by atoms with Crippen molar-refractivity contribution in [3.63, 3.8) is 0 Å². The Labute approximate surface area is 171 Å². The molecule has 8 nitrogen and oxygen atoms in total. The zero-order valence-electron chi connectivity index (χ0n) is 16.7. The maximum absolute atomic E-state index is 12.4. The first-order valence-electron chi connectivity index (χ1n) is 9.23. The fourth-order valence-electron chi connectivity index (χ4n) is 2.36. The van der Waals surface area contributed by atoms with Crippen molar-refractivity contribution in [3.05, 3.63) is 47.3 Å². The van der Waals surface area contributed by atoms with Crippen molar-refractivity contribution in [1.82, 2.24) is 15.3 Å². The molecule has 1 aromatic heterocycles. The van der Waals surface area contributed by atoms with Crippen LogP contribution in [0.5, 0.6) is 0 Å². The normalized spacial score (nSPS) is 10.4. The Hall–Kier alpha value is -2.99. The van der Waals surface area contributed by atoms with Crippen LogP contribution in [0.1, 0.15) is 21.6 Å². The molecule has 1 heterocycles. The van der Waals surface area contributed by atoms with Gasteiger partial charge < -0.3 is 24.8 Å². The van der Waals surface area contributed by atoms with Gasteiger partial charge in [0, 0.05) is 42.4 Å². The van der Waals surface area contributed by atoms with Gasteiger partial charge in [0.1, 0.15) is 0 Å². The lowest BCUT2D eigenvalue weighted by Gasteiger charge is -2.10. The molecule has 0 saturated carbocycles. The smallest absolute Gasteiger partial charge is 0.251 e. The van der Waals surface area contributed by atoms with Crippen LogP contribution in [0.15, 0.2) is 30.5 Å². The van der Waals surface area contributed by atoms with Crippen LogP contribution >= 0.6 is 0 Å². The van der Waals surface area contributed by atoms with Crippen LogP contribution in [0.2, 0.25) is 0 Å². The fraction of sp³-hybridized carbons (Fsp3) is 0.381. The lowest BCUT2D eigenvalue weighted by atomic mass is 10.1. The number of carbonyl (C=O) groups is 1. The van der Waals surface area contributed by atoms with E-state index < -0.39 is 0 Å². The Morgan fingerprint density at radius 3 is 2.62 bits per heavy atom. The molecule has 2 N–H and O–H groups in total. The van der Waals surface area contributed by atoms with E-state index in [-0.39, 0.29) is 5.91 Å². The van der Waals surface area contributed by atoms with Gasteiger partial charge in [-0.05, 0) is 31.2 Å². The monoisotopic (exact) mass is 398 g/mol. The van der Waals surface area contributed by atoms with Gasteiger partial charge in [0.25, 0.3) is 5.91 Å². The molecule has 0 radical (unpaired) electrons.